The summed E-state index contributed by atoms with van der Waals surface area (Å²) in [6.45, 7) is 2.81. The highest BCUT2D eigenvalue weighted by molar-refractivity contribution is 7.12. The zero-order valence-electron chi connectivity index (χ0n) is 9.47. The molecular weight excluding hydrogens is 257 g/mol. The number of anilines is 1. The first-order valence-corrected chi connectivity index (χ1v) is 6.65. The fourth-order valence-corrected chi connectivity index (χ4v) is 2.60. The minimum Gasteiger partial charge on any atom is -0.379 e. The van der Waals surface area contributed by atoms with Crippen molar-refractivity contribution in [3.05, 3.63) is 50.9 Å². The van der Waals surface area contributed by atoms with E-state index in [9.17, 15) is 4.39 Å². The first-order chi connectivity index (χ1) is 8.19. The summed E-state index contributed by atoms with van der Waals surface area (Å²) in [4.78, 5) is 2.58. The zero-order chi connectivity index (χ0) is 12.3. The first-order valence-electron chi connectivity index (χ1n) is 5.45. The maximum atomic E-state index is 13.0. The summed E-state index contributed by atoms with van der Waals surface area (Å²) in [5, 5.41) is 3.69. The molecule has 4 heteroatoms. The topological polar surface area (TPSA) is 12.0 Å². The van der Waals surface area contributed by atoms with E-state index in [1.165, 1.54) is 21.9 Å². The Kier molecular flexibility index (Phi) is 4.02. The molecule has 2 aromatic rings. The van der Waals surface area contributed by atoms with Gasteiger partial charge in [0.05, 0.1) is 10.7 Å². The fraction of sp³-hybridized carbons (Fsp3) is 0.231. The predicted octanol–water partition coefficient (Wildman–Crippen LogP) is 4.72. The van der Waals surface area contributed by atoms with Gasteiger partial charge in [0.2, 0.25) is 0 Å². The van der Waals surface area contributed by atoms with Gasteiger partial charge in [-0.1, -0.05) is 18.5 Å². The summed E-state index contributed by atoms with van der Waals surface area (Å²) < 4.78 is 13.0. The second-order valence-corrected chi connectivity index (χ2v) is 5.36. The maximum Gasteiger partial charge on any atom is 0.125 e. The molecule has 2 rings (SSSR count). The van der Waals surface area contributed by atoms with Gasteiger partial charge in [0, 0.05) is 16.3 Å². The van der Waals surface area contributed by atoms with Gasteiger partial charge in [-0.3, -0.25) is 0 Å². The van der Waals surface area contributed by atoms with Gasteiger partial charge < -0.3 is 5.32 Å². The Balaban J connectivity index is 2.04. The molecule has 1 heterocycles. The van der Waals surface area contributed by atoms with Crippen molar-refractivity contribution in [3.8, 4) is 0 Å². The van der Waals surface area contributed by atoms with Gasteiger partial charge in [0.15, 0.2) is 0 Å². The number of aryl methyl sites for hydroxylation is 1. The van der Waals surface area contributed by atoms with E-state index < -0.39 is 0 Å². The molecule has 0 aliphatic rings. The standard InChI is InChI=1S/C13H13ClFNS/c1-2-10-4-5-11(17-10)8-16-13-7-9(15)3-6-12(13)14/h3-7,16H,2,8H2,1H3. The molecule has 0 amide bonds. The molecule has 0 radical (unpaired) electrons. The third-order valence-corrected chi connectivity index (χ3v) is 4.01. The van der Waals surface area contributed by atoms with Crippen LogP contribution in [0.1, 0.15) is 16.7 Å². The first kappa shape index (κ1) is 12.4. The van der Waals surface area contributed by atoms with Gasteiger partial charge in [0.1, 0.15) is 5.82 Å². The molecule has 17 heavy (non-hydrogen) atoms. The third-order valence-electron chi connectivity index (χ3n) is 2.45. The number of hydrogen-bond donors (Lipinski definition) is 1. The number of thiophene rings is 1. The molecule has 0 saturated heterocycles. The Hall–Kier alpha value is -1.06. The summed E-state index contributed by atoms with van der Waals surface area (Å²) in [5.41, 5.74) is 0.637. The summed E-state index contributed by atoms with van der Waals surface area (Å²) in [5.74, 6) is -0.280. The minimum atomic E-state index is -0.280. The van der Waals surface area contributed by atoms with Crippen LogP contribution >= 0.6 is 22.9 Å². The van der Waals surface area contributed by atoms with Crippen molar-refractivity contribution < 1.29 is 4.39 Å². The van der Waals surface area contributed by atoms with Crippen LogP contribution in [0.2, 0.25) is 5.02 Å². The lowest BCUT2D eigenvalue weighted by Gasteiger charge is -2.06. The van der Waals surface area contributed by atoms with Crippen LogP contribution in [0.15, 0.2) is 30.3 Å². The van der Waals surface area contributed by atoms with Crippen LogP contribution in [0.5, 0.6) is 0 Å². The summed E-state index contributed by atoms with van der Waals surface area (Å²) in [6.07, 6.45) is 1.05. The number of hydrogen-bond acceptors (Lipinski definition) is 2. The maximum absolute atomic E-state index is 13.0. The molecular formula is C13H13ClFNS. The van der Waals surface area contributed by atoms with Crippen molar-refractivity contribution >= 4 is 28.6 Å². The molecule has 0 saturated carbocycles. The molecule has 1 nitrogen and oxygen atoms in total. The van der Waals surface area contributed by atoms with E-state index in [1.54, 1.807) is 17.4 Å². The Bertz CT molecular complexity index is 510. The number of halogens is 2. The van der Waals surface area contributed by atoms with Crippen LogP contribution in [-0.2, 0) is 13.0 Å². The van der Waals surface area contributed by atoms with Gasteiger partial charge in [-0.25, -0.2) is 4.39 Å². The average Bonchev–Trinajstić information content (AvgIpc) is 2.78. The summed E-state index contributed by atoms with van der Waals surface area (Å²) >= 11 is 7.73. The monoisotopic (exact) mass is 269 g/mol. The number of benzene rings is 1. The van der Waals surface area contributed by atoms with Gasteiger partial charge in [0.25, 0.3) is 0 Å². The van der Waals surface area contributed by atoms with Crippen LogP contribution in [0, 0.1) is 5.82 Å². The highest BCUT2D eigenvalue weighted by Gasteiger charge is 2.03. The minimum absolute atomic E-state index is 0.280. The van der Waals surface area contributed by atoms with Gasteiger partial charge in [-0.05, 0) is 36.8 Å². The van der Waals surface area contributed by atoms with Gasteiger partial charge >= 0.3 is 0 Å². The second-order valence-electron chi connectivity index (χ2n) is 3.70. The third kappa shape index (κ3) is 3.20. The lowest BCUT2D eigenvalue weighted by Crippen LogP contribution is -1.98. The average molecular weight is 270 g/mol. The van der Waals surface area contributed by atoms with Crippen LogP contribution < -0.4 is 5.32 Å². The Morgan fingerprint density at radius 3 is 2.71 bits per heavy atom. The van der Waals surface area contributed by atoms with E-state index >= 15 is 0 Å². The van der Waals surface area contributed by atoms with E-state index in [1.807, 2.05) is 0 Å². The van der Waals surface area contributed by atoms with Crippen LogP contribution in [0.3, 0.4) is 0 Å². The van der Waals surface area contributed by atoms with Gasteiger partial charge in [-0.2, -0.15) is 0 Å². The normalized spacial score (nSPS) is 10.5. The van der Waals surface area contributed by atoms with E-state index in [-0.39, 0.29) is 5.82 Å². The molecule has 0 aliphatic heterocycles. The lowest BCUT2D eigenvalue weighted by molar-refractivity contribution is 0.628. The molecule has 0 unspecified atom stereocenters. The SMILES string of the molecule is CCc1ccc(CNc2cc(F)ccc2Cl)s1. The van der Waals surface area contributed by atoms with Crippen molar-refractivity contribution in [2.45, 2.75) is 19.9 Å². The summed E-state index contributed by atoms with van der Waals surface area (Å²) in [7, 11) is 0. The molecule has 0 spiro atoms. The van der Waals surface area contributed by atoms with E-state index in [0.29, 0.717) is 17.3 Å². The van der Waals surface area contributed by atoms with E-state index in [4.69, 9.17) is 11.6 Å². The van der Waals surface area contributed by atoms with E-state index in [2.05, 4.69) is 24.4 Å². The van der Waals surface area contributed by atoms with Gasteiger partial charge in [-0.15, -0.1) is 11.3 Å². The van der Waals surface area contributed by atoms with Crippen LogP contribution in [0.25, 0.3) is 0 Å². The second kappa shape index (κ2) is 5.52. The molecule has 1 N–H and O–H groups in total. The predicted molar refractivity (Wildman–Crippen MR) is 72.4 cm³/mol. The molecule has 0 atom stereocenters. The van der Waals surface area contributed by atoms with Crippen molar-refractivity contribution in [2.75, 3.05) is 5.32 Å². The highest BCUT2D eigenvalue weighted by atomic mass is 35.5. The molecule has 1 aromatic carbocycles. The Morgan fingerprint density at radius 1 is 1.24 bits per heavy atom. The van der Waals surface area contributed by atoms with Crippen LogP contribution in [0.4, 0.5) is 10.1 Å². The quantitative estimate of drug-likeness (QED) is 0.847. The highest BCUT2D eigenvalue weighted by Crippen LogP contribution is 2.24. The fourth-order valence-electron chi connectivity index (χ4n) is 1.52. The largest absolute Gasteiger partial charge is 0.379 e. The summed E-state index contributed by atoms with van der Waals surface area (Å²) in [6, 6.07) is 8.54. The molecule has 0 bridgehead atoms. The van der Waals surface area contributed by atoms with Crippen molar-refractivity contribution in [1.82, 2.24) is 0 Å². The Labute approximate surface area is 109 Å². The molecule has 0 fully saturated rings. The van der Waals surface area contributed by atoms with Crippen molar-refractivity contribution in [3.63, 3.8) is 0 Å². The van der Waals surface area contributed by atoms with Crippen LogP contribution in [-0.4, -0.2) is 0 Å². The zero-order valence-corrected chi connectivity index (χ0v) is 11.0. The molecule has 90 valence electrons. The molecule has 0 aliphatic carbocycles. The smallest absolute Gasteiger partial charge is 0.125 e. The number of nitrogens with one attached hydrogen (secondary N) is 1. The number of rotatable bonds is 4. The molecule has 1 aromatic heterocycles. The van der Waals surface area contributed by atoms with Crippen molar-refractivity contribution in [1.29, 1.82) is 0 Å². The van der Waals surface area contributed by atoms with E-state index in [0.717, 1.165) is 6.42 Å². The lowest BCUT2D eigenvalue weighted by atomic mass is 10.3. The Morgan fingerprint density at radius 2 is 2.00 bits per heavy atom. The van der Waals surface area contributed by atoms with Crippen molar-refractivity contribution in [2.24, 2.45) is 0 Å².